The van der Waals surface area contributed by atoms with E-state index in [1.807, 2.05) is 13.0 Å². The molecule has 0 bridgehead atoms. The van der Waals surface area contributed by atoms with E-state index in [1.165, 1.54) is 14.2 Å². The highest BCUT2D eigenvalue weighted by molar-refractivity contribution is 6.23. The molecule has 0 amide bonds. The molecule has 1 aliphatic rings. The molecule has 0 saturated heterocycles. The van der Waals surface area contributed by atoms with Crippen LogP contribution in [-0.4, -0.2) is 36.9 Å². The smallest absolute Gasteiger partial charge is 0.330 e. The van der Waals surface area contributed by atoms with Gasteiger partial charge in [-0.05, 0) is 40.0 Å². The predicted octanol–water partition coefficient (Wildman–Crippen LogP) is 3.11. The van der Waals surface area contributed by atoms with Crippen molar-refractivity contribution in [2.75, 3.05) is 14.2 Å². The van der Waals surface area contributed by atoms with E-state index in [4.69, 9.17) is 14.6 Å². The van der Waals surface area contributed by atoms with Gasteiger partial charge in [0.15, 0.2) is 0 Å². The number of methoxy groups -OCH3 is 2. The van der Waals surface area contributed by atoms with Crippen LogP contribution in [0.5, 0.6) is 0 Å². The topological polar surface area (TPSA) is 89.9 Å². The number of carbonyl (C=O) groups is 3. The van der Waals surface area contributed by atoms with Crippen molar-refractivity contribution in [2.24, 2.45) is 0 Å². The maximum atomic E-state index is 12.5. The Morgan fingerprint density at radius 2 is 1.60 bits per heavy atom. The Kier molecular flexibility index (Phi) is 7.36. The summed E-state index contributed by atoms with van der Waals surface area (Å²) in [6.07, 6.45) is 5.13. The maximum absolute atomic E-state index is 12.5. The van der Waals surface area contributed by atoms with Gasteiger partial charge >= 0.3 is 5.97 Å². The Morgan fingerprint density at radius 1 is 1.04 bits per heavy atom. The first-order valence-electron chi connectivity index (χ1n) is 7.91. The Hall–Kier alpha value is -2.63. The van der Waals surface area contributed by atoms with Gasteiger partial charge in [0.1, 0.15) is 0 Å². The van der Waals surface area contributed by atoms with Crippen LogP contribution in [0.4, 0.5) is 0 Å². The highest BCUT2D eigenvalue weighted by Crippen LogP contribution is 2.28. The highest BCUT2D eigenvalue weighted by Gasteiger charge is 2.33. The second-order valence-electron chi connectivity index (χ2n) is 5.81. The molecule has 0 aromatic heterocycles. The van der Waals surface area contributed by atoms with Gasteiger partial charge in [-0.25, -0.2) is 4.79 Å². The number of ketones is 2. The van der Waals surface area contributed by atoms with Crippen molar-refractivity contribution in [1.82, 2.24) is 0 Å². The summed E-state index contributed by atoms with van der Waals surface area (Å²) in [6.45, 7) is 5.06. The highest BCUT2D eigenvalue weighted by atomic mass is 16.5. The fourth-order valence-corrected chi connectivity index (χ4v) is 2.42. The molecule has 6 heteroatoms. The summed E-state index contributed by atoms with van der Waals surface area (Å²) >= 11 is 0. The SMILES string of the molecule is COC1=C(OC)C(=O)C(C/C=C(\C)CC/C=C(/C)C(=O)O)=C(C)C1=O. The van der Waals surface area contributed by atoms with Crippen LogP contribution < -0.4 is 0 Å². The molecule has 0 radical (unpaired) electrons. The third-order valence-corrected chi connectivity index (χ3v) is 4.08. The summed E-state index contributed by atoms with van der Waals surface area (Å²) in [4.78, 5) is 35.5. The average Bonchev–Trinajstić information content (AvgIpc) is 2.57. The number of ether oxygens (including phenoxy) is 2. The van der Waals surface area contributed by atoms with Crippen molar-refractivity contribution in [1.29, 1.82) is 0 Å². The van der Waals surface area contributed by atoms with Crippen LogP contribution in [0.2, 0.25) is 0 Å². The fourth-order valence-electron chi connectivity index (χ4n) is 2.42. The van der Waals surface area contributed by atoms with Crippen molar-refractivity contribution in [3.63, 3.8) is 0 Å². The van der Waals surface area contributed by atoms with E-state index in [2.05, 4.69) is 0 Å². The molecule has 136 valence electrons. The molecule has 0 saturated carbocycles. The van der Waals surface area contributed by atoms with Gasteiger partial charge in [0.05, 0.1) is 14.2 Å². The first-order chi connectivity index (χ1) is 11.7. The second-order valence-corrected chi connectivity index (χ2v) is 5.81. The van der Waals surface area contributed by atoms with Gasteiger partial charge in [-0.15, -0.1) is 0 Å². The summed E-state index contributed by atoms with van der Waals surface area (Å²) in [5.41, 5.74) is 2.06. The molecule has 0 unspecified atom stereocenters. The number of carboxylic acids is 1. The Balaban J connectivity index is 2.87. The molecule has 1 rings (SSSR count). The number of rotatable bonds is 8. The molecular weight excluding hydrogens is 324 g/mol. The number of hydrogen-bond acceptors (Lipinski definition) is 5. The van der Waals surface area contributed by atoms with Gasteiger partial charge in [0.25, 0.3) is 0 Å². The lowest BCUT2D eigenvalue weighted by atomic mass is 9.90. The second kappa shape index (κ2) is 9.01. The largest absolute Gasteiger partial charge is 0.489 e. The Bertz CT molecular complexity index is 703. The Labute approximate surface area is 147 Å². The van der Waals surface area contributed by atoms with Crippen molar-refractivity contribution in [3.8, 4) is 0 Å². The summed E-state index contributed by atoms with van der Waals surface area (Å²) in [5, 5.41) is 8.81. The zero-order valence-electron chi connectivity index (χ0n) is 15.3. The molecule has 1 N–H and O–H groups in total. The van der Waals surface area contributed by atoms with Crippen molar-refractivity contribution < 1.29 is 29.0 Å². The molecule has 1 aliphatic carbocycles. The minimum absolute atomic E-state index is 0.0660. The van der Waals surface area contributed by atoms with Crippen LogP contribution in [0.3, 0.4) is 0 Å². The van der Waals surface area contributed by atoms with E-state index in [1.54, 1.807) is 19.9 Å². The first kappa shape index (κ1) is 20.4. The standard InChI is InChI=1S/C19H24O6/c1-11(7-6-8-12(2)19(22)23)9-10-14-13(3)15(20)17(24-4)18(25-5)16(14)21/h8-9H,6-7,10H2,1-5H3,(H,22,23)/b11-9+,12-8-. The number of carbonyl (C=O) groups excluding carboxylic acids is 2. The van der Waals surface area contributed by atoms with Crippen LogP contribution >= 0.6 is 0 Å². The molecule has 0 heterocycles. The van der Waals surface area contributed by atoms with Gasteiger partial charge < -0.3 is 14.6 Å². The minimum atomic E-state index is -0.929. The molecule has 6 nitrogen and oxygen atoms in total. The van der Waals surface area contributed by atoms with Crippen molar-refractivity contribution >= 4 is 17.5 Å². The molecule has 0 aromatic carbocycles. The van der Waals surface area contributed by atoms with Crippen LogP contribution in [-0.2, 0) is 23.9 Å². The van der Waals surface area contributed by atoms with Crippen LogP contribution in [0.25, 0.3) is 0 Å². The molecular formula is C19H24O6. The van der Waals surface area contributed by atoms with E-state index in [9.17, 15) is 14.4 Å². The van der Waals surface area contributed by atoms with Crippen molar-refractivity contribution in [2.45, 2.75) is 40.0 Å². The maximum Gasteiger partial charge on any atom is 0.330 e. The summed E-state index contributed by atoms with van der Waals surface area (Å²) in [6, 6.07) is 0. The summed E-state index contributed by atoms with van der Waals surface area (Å²) in [5.74, 6) is -1.76. The normalized spacial score (nSPS) is 16.5. The molecule has 0 fully saturated rings. The summed E-state index contributed by atoms with van der Waals surface area (Å²) in [7, 11) is 2.66. The quantitative estimate of drug-likeness (QED) is 0.412. The number of allylic oxidation sites excluding steroid dienone is 5. The van der Waals surface area contributed by atoms with E-state index >= 15 is 0 Å². The number of hydrogen-bond donors (Lipinski definition) is 1. The van der Waals surface area contributed by atoms with Gasteiger partial charge in [0, 0.05) is 16.7 Å². The monoisotopic (exact) mass is 348 g/mol. The van der Waals surface area contributed by atoms with Gasteiger partial charge in [0.2, 0.25) is 23.1 Å². The van der Waals surface area contributed by atoms with Crippen molar-refractivity contribution in [3.05, 3.63) is 46.0 Å². The van der Waals surface area contributed by atoms with Crippen LogP contribution in [0, 0.1) is 0 Å². The van der Waals surface area contributed by atoms with E-state index in [0.29, 0.717) is 36.0 Å². The van der Waals surface area contributed by atoms with Crippen LogP contribution in [0.1, 0.15) is 40.0 Å². The predicted molar refractivity (Wildman–Crippen MR) is 92.8 cm³/mol. The first-order valence-corrected chi connectivity index (χ1v) is 7.91. The molecule has 0 aliphatic heterocycles. The zero-order valence-corrected chi connectivity index (χ0v) is 15.3. The minimum Gasteiger partial charge on any atom is -0.489 e. The van der Waals surface area contributed by atoms with E-state index in [0.717, 1.165) is 5.57 Å². The van der Waals surface area contributed by atoms with Gasteiger partial charge in [-0.2, -0.15) is 0 Å². The van der Waals surface area contributed by atoms with Gasteiger partial charge in [-0.3, -0.25) is 9.59 Å². The lowest BCUT2D eigenvalue weighted by molar-refractivity contribution is -0.132. The zero-order chi connectivity index (χ0) is 19.1. The Morgan fingerprint density at radius 3 is 2.12 bits per heavy atom. The molecule has 0 aromatic rings. The lowest BCUT2D eigenvalue weighted by Crippen LogP contribution is -2.24. The van der Waals surface area contributed by atoms with E-state index < -0.39 is 5.97 Å². The lowest BCUT2D eigenvalue weighted by Gasteiger charge is -2.19. The molecule has 0 atom stereocenters. The molecule has 0 spiro atoms. The van der Waals surface area contributed by atoms with E-state index in [-0.39, 0.29) is 23.1 Å². The van der Waals surface area contributed by atoms with Gasteiger partial charge in [-0.1, -0.05) is 17.7 Å². The summed E-state index contributed by atoms with van der Waals surface area (Å²) < 4.78 is 10.0. The fraction of sp³-hybridized carbons (Fsp3) is 0.421. The molecule has 25 heavy (non-hydrogen) atoms. The third-order valence-electron chi connectivity index (χ3n) is 4.08. The number of Topliss-reactive ketones (excluding diaryl/α,β-unsaturated/α-hetero) is 2. The van der Waals surface area contributed by atoms with Crippen LogP contribution in [0.15, 0.2) is 46.0 Å². The number of aliphatic carboxylic acids is 1. The average molecular weight is 348 g/mol. The number of carboxylic acid groups (broad SMARTS) is 1. The third kappa shape index (κ3) is 4.92.